The first-order valence-corrected chi connectivity index (χ1v) is 9.93. The second-order valence-corrected chi connectivity index (χ2v) is 6.77. The summed E-state index contributed by atoms with van der Waals surface area (Å²) in [6.45, 7) is 2.27. The highest BCUT2D eigenvalue weighted by molar-refractivity contribution is 7.33. The molecule has 4 heteroatoms. The Labute approximate surface area is 132 Å². The maximum absolute atomic E-state index is 10.8. The van der Waals surface area contributed by atoms with E-state index in [0.717, 1.165) is 6.42 Å². The molecular formula is C17H35O3P. The molecule has 0 rings (SSSR count). The second-order valence-electron chi connectivity index (χ2n) is 5.62. The summed E-state index contributed by atoms with van der Waals surface area (Å²) in [7, 11) is -0.894. The van der Waals surface area contributed by atoms with E-state index in [1.807, 2.05) is 6.08 Å². The normalized spacial score (nSPS) is 12.9. The molecule has 0 saturated heterocycles. The van der Waals surface area contributed by atoms with Gasteiger partial charge in [-0.15, -0.1) is 0 Å². The first-order chi connectivity index (χ1) is 10.3. The Morgan fingerprint density at radius 3 is 1.76 bits per heavy atom. The molecule has 0 aromatic heterocycles. The molecule has 0 aliphatic carbocycles. The zero-order valence-corrected chi connectivity index (χ0v) is 15.1. The minimum atomic E-state index is -2.28. The van der Waals surface area contributed by atoms with E-state index in [1.54, 1.807) is 0 Å². The topological polar surface area (TPSA) is 35.5 Å². The molecule has 0 spiro atoms. The van der Waals surface area contributed by atoms with Gasteiger partial charge in [0.25, 0.3) is 0 Å². The Bertz CT molecular complexity index is 254. The van der Waals surface area contributed by atoms with Crippen LogP contribution in [0.1, 0.15) is 90.4 Å². The van der Waals surface area contributed by atoms with E-state index < -0.39 is 8.25 Å². The SMILES string of the molecule is CCCCCCCCCCCCCCC=CO[PH](=O)OC. The standard InChI is InChI=1S/C17H35O3P/c1-3-4-5-6-7-8-9-10-11-12-13-14-15-16-17-20-21(18)19-2/h16-17,21H,3-15H2,1-2H3. The van der Waals surface area contributed by atoms with Crippen LogP contribution in [0.15, 0.2) is 12.3 Å². The lowest BCUT2D eigenvalue weighted by Gasteiger charge is -2.02. The van der Waals surface area contributed by atoms with Gasteiger partial charge in [0.05, 0.1) is 6.26 Å². The summed E-state index contributed by atoms with van der Waals surface area (Å²) in [4.78, 5) is 0. The molecule has 0 aromatic rings. The van der Waals surface area contributed by atoms with Gasteiger partial charge in [-0.25, -0.2) is 4.57 Å². The highest BCUT2D eigenvalue weighted by Crippen LogP contribution is 2.21. The Morgan fingerprint density at radius 2 is 1.29 bits per heavy atom. The number of unbranched alkanes of at least 4 members (excludes halogenated alkanes) is 12. The summed E-state index contributed by atoms with van der Waals surface area (Å²) in [5.74, 6) is 0. The molecular weight excluding hydrogens is 283 g/mol. The number of allylic oxidation sites excluding steroid dienone is 1. The van der Waals surface area contributed by atoms with Gasteiger partial charge in [0, 0.05) is 7.11 Å². The molecule has 1 atom stereocenters. The van der Waals surface area contributed by atoms with Crippen LogP contribution in [0.3, 0.4) is 0 Å². The van der Waals surface area contributed by atoms with Gasteiger partial charge >= 0.3 is 8.25 Å². The second kappa shape index (κ2) is 17.8. The average molecular weight is 318 g/mol. The molecule has 0 bridgehead atoms. The molecule has 0 aliphatic heterocycles. The summed E-state index contributed by atoms with van der Waals surface area (Å²) in [5, 5.41) is 0. The first kappa shape index (κ1) is 20.7. The zero-order valence-electron chi connectivity index (χ0n) is 14.1. The lowest BCUT2D eigenvalue weighted by Crippen LogP contribution is -1.82. The van der Waals surface area contributed by atoms with Crippen LogP contribution in [0.5, 0.6) is 0 Å². The molecule has 21 heavy (non-hydrogen) atoms. The average Bonchev–Trinajstić information content (AvgIpc) is 2.50. The predicted octanol–water partition coefficient (Wildman–Crippen LogP) is 6.64. The third-order valence-corrected chi connectivity index (χ3v) is 4.31. The first-order valence-electron chi connectivity index (χ1n) is 8.71. The van der Waals surface area contributed by atoms with Crippen molar-refractivity contribution in [2.75, 3.05) is 7.11 Å². The van der Waals surface area contributed by atoms with E-state index in [9.17, 15) is 4.57 Å². The van der Waals surface area contributed by atoms with E-state index >= 15 is 0 Å². The highest BCUT2D eigenvalue weighted by atomic mass is 31.1. The third-order valence-electron chi connectivity index (χ3n) is 3.65. The quantitative estimate of drug-likeness (QED) is 0.182. The van der Waals surface area contributed by atoms with Crippen molar-refractivity contribution in [3.05, 3.63) is 12.3 Å². The van der Waals surface area contributed by atoms with Crippen molar-refractivity contribution in [1.29, 1.82) is 0 Å². The largest absolute Gasteiger partial charge is 0.435 e. The van der Waals surface area contributed by atoms with Gasteiger partial charge in [-0.2, -0.15) is 0 Å². The van der Waals surface area contributed by atoms with Crippen LogP contribution >= 0.6 is 8.25 Å². The molecule has 1 unspecified atom stereocenters. The molecule has 0 amide bonds. The molecule has 0 saturated carbocycles. The fraction of sp³-hybridized carbons (Fsp3) is 0.882. The Balaban J connectivity index is 3.07. The Kier molecular flexibility index (Phi) is 17.6. The van der Waals surface area contributed by atoms with Gasteiger partial charge in [-0.1, -0.05) is 77.6 Å². The van der Waals surface area contributed by atoms with Gasteiger partial charge in [-0.05, 0) is 18.9 Å². The van der Waals surface area contributed by atoms with Crippen molar-refractivity contribution in [3.63, 3.8) is 0 Å². The van der Waals surface area contributed by atoms with Crippen molar-refractivity contribution < 1.29 is 13.6 Å². The summed E-state index contributed by atoms with van der Waals surface area (Å²) >= 11 is 0. The van der Waals surface area contributed by atoms with Crippen LogP contribution in [0.25, 0.3) is 0 Å². The third kappa shape index (κ3) is 17.7. The van der Waals surface area contributed by atoms with Crippen LogP contribution in [0.4, 0.5) is 0 Å². The van der Waals surface area contributed by atoms with Gasteiger partial charge in [0.2, 0.25) is 0 Å². The fourth-order valence-electron chi connectivity index (χ4n) is 2.32. The van der Waals surface area contributed by atoms with E-state index in [1.165, 1.54) is 90.4 Å². The van der Waals surface area contributed by atoms with Crippen molar-refractivity contribution in [2.24, 2.45) is 0 Å². The van der Waals surface area contributed by atoms with Gasteiger partial charge in [0.1, 0.15) is 0 Å². The number of hydrogen-bond acceptors (Lipinski definition) is 3. The Morgan fingerprint density at radius 1 is 0.810 bits per heavy atom. The van der Waals surface area contributed by atoms with Gasteiger partial charge in [-0.3, -0.25) is 0 Å². The van der Waals surface area contributed by atoms with Crippen molar-refractivity contribution in [3.8, 4) is 0 Å². The molecule has 0 radical (unpaired) electrons. The predicted molar refractivity (Wildman–Crippen MR) is 91.9 cm³/mol. The van der Waals surface area contributed by atoms with Crippen molar-refractivity contribution >= 4 is 8.25 Å². The molecule has 0 aromatic carbocycles. The molecule has 3 nitrogen and oxygen atoms in total. The molecule has 126 valence electrons. The smallest absolute Gasteiger partial charge is 0.366 e. The van der Waals surface area contributed by atoms with Crippen LogP contribution in [0.2, 0.25) is 0 Å². The summed E-state index contributed by atoms with van der Waals surface area (Å²) in [6, 6.07) is 0. The molecule has 0 heterocycles. The minimum Gasteiger partial charge on any atom is -0.435 e. The minimum absolute atomic E-state index is 0.996. The van der Waals surface area contributed by atoms with E-state index in [-0.39, 0.29) is 0 Å². The van der Waals surface area contributed by atoms with Crippen LogP contribution in [-0.2, 0) is 13.6 Å². The molecule has 0 fully saturated rings. The van der Waals surface area contributed by atoms with Crippen LogP contribution < -0.4 is 0 Å². The van der Waals surface area contributed by atoms with Crippen LogP contribution in [0, 0.1) is 0 Å². The van der Waals surface area contributed by atoms with Gasteiger partial charge < -0.3 is 9.05 Å². The van der Waals surface area contributed by atoms with Crippen molar-refractivity contribution in [1.82, 2.24) is 0 Å². The monoisotopic (exact) mass is 318 g/mol. The maximum atomic E-state index is 10.8. The summed E-state index contributed by atoms with van der Waals surface area (Å²) < 4.78 is 20.2. The van der Waals surface area contributed by atoms with E-state index in [2.05, 4.69) is 11.4 Å². The lowest BCUT2D eigenvalue weighted by molar-refractivity contribution is 0.326. The number of hydrogen-bond donors (Lipinski definition) is 0. The summed E-state index contributed by atoms with van der Waals surface area (Å²) in [6.07, 6.45) is 20.8. The lowest BCUT2D eigenvalue weighted by atomic mass is 10.0. The van der Waals surface area contributed by atoms with E-state index in [4.69, 9.17) is 4.52 Å². The number of rotatable bonds is 16. The van der Waals surface area contributed by atoms with Crippen LogP contribution in [-0.4, -0.2) is 7.11 Å². The van der Waals surface area contributed by atoms with Crippen molar-refractivity contribution in [2.45, 2.75) is 90.4 Å². The highest BCUT2D eigenvalue weighted by Gasteiger charge is 1.93. The fourth-order valence-corrected chi connectivity index (χ4v) is 2.63. The summed E-state index contributed by atoms with van der Waals surface area (Å²) in [5.41, 5.74) is 0. The zero-order chi connectivity index (χ0) is 15.6. The maximum Gasteiger partial charge on any atom is 0.366 e. The Hall–Kier alpha value is -0.270. The molecule has 0 N–H and O–H groups in total. The molecule has 0 aliphatic rings. The van der Waals surface area contributed by atoms with E-state index in [0.29, 0.717) is 0 Å². The van der Waals surface area contributed by atoms with Gasteiger partial charge in [0.15, 0.2) is 0 Å².